The van der Waals surface area contributed by atoms with Gasteiger partial charge >= 0.3 is 0 Å². The summed E-state index contributed by atoms with van der Waals surface area (Å²) < 4.78 is 5.38. The summed E-state index contributed by atoms with van der Waals surface area (Å²) in [4.78, 5) is 28.4. The summed E-state index contributed by atoms with van der Waals surface area (Å²) in [5, 5.41) is 17.2. The quantitative estimate of drug-likeness (QED) is 0.367. The molecular weight excluding hydrogens is 478 g/mol. The number of benzene rings is 2. The highest BCUT2D eigenvalue weighted by Gasteiger charge is 2.37. The van der Waals surface area contributed by atoms with E-state index >= 15 is 0 Å². The molecule has 38 heavy (non-hydrogen) atoms. The maximum absolute atomic E-state index is 13.5. The Hall–Kier alpha value is -3.06. The van der Waals surface area contributed by atoms with Crippen LogP contribution in [0, 0.1) is 19.8 Å². The molecule has 1 atom stereocenters. The van der Waals surface area contributed by atoms with Crippen molar-refractivity contribution in [1.29, 1.82) is 0 Å². The second-order valence-electron chi connectivity index (χ2n) is 11.1. The molecule has 3 N–H and O–H groups in total. The van der Waals surface area contributed by atoms with Crippen LogP contribution in [0.25, 0.3) is 0 Å². The zero-order chi connectivity index (χ0) is 27.4. The number of rotatable bonds is 10. The summed E-state index contributed by atoms with van der Waals surface area (Å²) in [6.45, 7) is 9.20. The second kappa shape index (κ2) is 11.8. The van der Waals surface area contributed by atoms with Crippen molar-refractivity contribution < 1.29 is 19.4 Å². The minimum Gasteiger partial charge on any atom is -0.496 e. The van der Waals surface area contributed by atoms with Gasteiger partial charge in [0.1, 0.15) is 5.75 Å². The van der Waals surface area contributed by atoms with Crippen molar-refractivity contribution in [2.24, 2.45) is 5.92 Å². The summed E-state index contributed by atoms with van der Waals surface area (Å²) in [5.41, 5.74) is 4.86. The van der Waals surface area contributed by atoms with E-state index in [1.165, 1.54) is 0 Å². The summed E-state index contributed by atoms with van der Waals surface area (Å²) >= 11 is 0. The predicted octanol–water partition coefficient (Wildman–Crippen LogP) is 5.82. The molecule has 1 aliphatic heterocycles. The predicted molar refractivity (Wildman–Crippen MR) is 152 cm³/mol. The first-order chi connectivity index (χ1) is 18.2. The van der Waals surface area contributed by atoms with Gasteiger partial charge in [0.2, 0.25) is 5.91 Å². The number of aryl methyl sites for hydroxylation is 2. The standard InChI is InChI=1S/C31H43N3O4/c1-6-14-31(37,7-2)19-32-24-15-21(4)27-18-34(30(36)26(27)16-24)25-12-9-22(10-13-25)29(35)33-23-11-8-20(3)28(17-23)38-5/h8,11,15-17,22,25,32,37H,6-7,9-10,12-14,18-19H2,1-5H3,(H,33,35). The molecule has 2 aromatic carbocycles. The molecule has 1 fully saturated rings. The van der Waals surface area contributed by atoms with Crippen LogP contribution in [0.3, 0.4) is 0 Å². The van der Waals surface area contributed by atoms with Crippen molar-refractivity contribution in [3.05, 3.63) is 52.6 Å². The van der Waals surface area contributed by atoms with Crippen LogP contribution >= 0.6 is 0 Å². The van der Waals surface area contributed by atoms with Crippen molar-refractivity contribution in [2.45, 2.75) is 90.8 Å². The van der Waals surface area contributed by atoms with Crippen LogP contribution in [0.4, 0.5) is 11.4 Å². The third-order valence-electron chi connectivity index (χ3n) is 8.47. The number of hydrogen-bond donors (Lipinski definition) is 3. The SMILES string of the molecule is CCCC(O)(CC)CNc1cc(C)c2c(c1)C(=O)N(C1CCC(C(=O)Nc3ccc(C)c(OC)c3)CC1)C2. The molecule has 7 nitrogen and oxygen atoms in total. The largest absolute Gasteiger partial charge is 0.496 e. The van der Waals surface area contributed by atoms with Gasteiger partial charge in [-0.3, -0.25) is 9.59 Å². The molecule has 2 aliphatic rings. The first kappa shape index (κ1) is 28.0. The maximum atomic E-state index is 13.5. The minimum absolute atomic E-state index is 0.0343. The fraction of sp³-hybridized carbons (Fsp3) is 0.548. The number of nitrogens with one attached hydrogen (secondary N) is 2. The Morgan fingerprint density at radius 1 is 1.08 bits per heavy atom. The van der Waals surface area contributed by atoms with Crippen LogP contribution in [-0.4, -0.2) is 47.1 Å². The van der Waals surface area contributed by atoms with Crippen LogP contribution in [0.1, 0.15) is 85.8 Å². The highest BCUT2D eigenvalue weighted by molar-refractivity contribution is 6.00. The number of aliphatic hydroxyl groups is 1. The van der Waals surface area contributed by atoms with Crippen LogP contribution < -0.4 is 15.4 Å². The molecule has 4 rings (SSSR count). The molecule has 1 saturated carbocycles. The molecule has 1 heterocycles. The minimum atomic E-state index is -0.742. The third kappa shape index (κ3) is 5.98. The van der Waals surface area contributed by atoms with Gasteiger partial charge in [-0.1, -0.05) is 26.3 Å². The summed E-state index contributed by atoms with van der Waals surface area (Å²) in [6, 6.07) is 9.88. The van der Waals surface area contributed by atoms with Crippen molar-refractivity contribution >= 4 is 23.2 Å². The Morgan fingerprint density at radius 3 is 2.47 bits per heavy atom. The van der Waals surface area contributed by atoms with Gasteiger partial charge in [-0.05, 0) is 87.3 Å². The normalized spacial score (nSPS) is 20.6. The van der Waals surface area contributed by atoms with Gasteiger partial charge in [0, 0.05) is 48.1 Å². The van der Waals surface area contributed by atoms with E-state index in [0.717, 1.165) is 77.9 Å². The topological polar surface area (TPSA) is 90.9 Å². The van der Waals surface area contributed by atoms with Gasteiger partial charge in [-0.15, -0.1) is 0 Å². The van der Waals surface area contributed by atoms with Crippen LogP contribution in [0.2, 0.25) is 0 Å². The molecule has 1 unspecified atom stereocenters. The number of ether oxygens (including phenoxy) is 1. The number of methoxy groups -OCH3 is 1. The van der Waals surface area contributed by atoms with Crippen LogP contribution in [-0.2, 0) is 11.3 Å². The fourth-order valence-electron chi connectivity index (χ4n) is 5.93. The highest BCUT2D eigenvalue weighted by atomic mass is 16.5. The van der Waals surface area contributed by atoms with Gasteiger partial charge in [0.25, 0.3) is 5.91 Å². The highest BCUT2D eigenvalue weighted by Crippen LogP contribution is 2.36. The first-order valence-electron chi connectivity index (χ1n) is 14.0. The van der Waals surface area contributed by atoms with E-state index in [2.05, 4.69) is 30.5 Å². The number of amides is 2. The molecule has 7 heteroatoms. The van der Waals surface area contributed by atoms with E-state index in [1.54, 1.807) is 7.11 Å². The lowest BCUT2D eigenvalue weighted by molar-refractivity contribution is -0.121. The molecule has 206 valence electrons. The van der Waals surface area contributed by atoms with Crippen molar-refractivity contribution in [1.82, 2.24) is 4.90 Å². The lowest BCUT2D eigenvalue weighted by Crippen LogP contribution is -2.40. The zero-order valence-electron chi connectivity index (χ0n) is 23.5. The monoisotopic (exact) mass is 521 g/mol. The zero-order valence-corrected chi connectivity index (χ0v) is 23.5. The van der Waals surface area contributed by atoms with Crippen molar-refractivity contribution in [3.63, 3.8) is 0 Å². The maximum Gasteiger partial charge on any atom is 0.254 e. The van der Waals surface area contributed by atoms with E-state index in [1.807, 2.05) is 43.0 Å². The molecule has 2 aromatic rings. The van der Waals surface area contributed by atoms with E-state index < -0.39 is 5.60 Å². The van der Waals surface area contributed by atoms with Gasteiger partial charge in [-0.2, -0.15) is 0 Å². The number of fused-ring (bicyclic) bond motifs is 1. The number of anilines is 2. The number of hydrogen-bond acceptors (Lipinski definition) is 5. The average molecular weight is 522 g/mol. The molecule has 0 saturated heterocycles. The lowest BCUT2D eigenvalue weighted by Gasteiger charge is -2.34. The molecule has 0 bridgehead atoms. The second-order valence-corrected chi connectivity index (χ2v) is 11.1. The Bertz CT molecular complexity index is 1170. The Balaban J connectivity index is 1.35. The number of carbonyl (C=O) groups is 2. The van der Waals surface area contributed by atoms with Crippen LogP contribution in [0.5, 0.6) is 5.75 Å². The first-order valence-corrected chi connectivity index (χ1v) is 14.0. The summed E-state index contributed by atoms with van der Waals surface area (Å²) in [7, 11) is 1.63. The van der Waals surface area contributed by atoms with Crippen LogP contribution in [0.15, 0.2) is 30.3 Å². The average Bonchev–Trinajstić information content (AvgIpc) is 3.25. The van der Waals surface area contributed by atoms with Gasteiger partial charge in [-0.25, -0.2) is 0 Å². The fourth-order valence-corrected chi connectivity index (χ4v) is 5.93. The van der Waals surface area contributed by atoms with Crippen molar-refractivity contribution in [3.8, 4) is 5.75 Å². The third-order valence-corrected chi connectivity index (χ3v) is 8.47. The molecule has 0 radical (unpaired) electrons. The Kier molecular flexibility index (Phi) is 8.66. The van der Waals surface area contributed by atoms with E-state index in [4.69, 9.17) is 4.74 Å². The van der Waals surface area contributed by atoms with Gasteiger partial charge in [0.05, 0.1) is 12.7 Å². The number of nitrogens with zero attached hydrogens (tertiary/aromatic N) is 1. The summed E-state index contributed by atoms with van der Waals surface area (Å²) in [5.74, 6) is 0.809. The summed E-state index contributed by atoms with van der Waals surface area (Å²) in [6.07, 6.45) is 5.51. The van der Waals surface area contributed by atoms with E-state index in [-0.39, 0.29) is 23.8 Å². The smallest absolute Gasteiger partial charge is 0.254 e. The van der Waals surface area contributed by atoms with Gasteiger partial charge in [0.15, 0.2) is 0 Å². The molecule has 1 aliphatic carbocycles. The molecular formula is C31H43N3O4. The number of carbonyl (C=O) groups excluding carboxylic acids is 2. The van der Waals surface area contributed by atoms with E-state index in [0.29, 0.717) is 19.5 Å². The Morgan fingerprint density at radius 2 is 1.82 bits per heavy atom. The molecule has 0 spiro atoms. The lowest BCUT2D eigenvalue weighted by atomic mass is 9.84. The Labute approximate surface area is 227 Å². The molecule has 2 amide bonds. The van der Waals surface area contributed by atoms with Crippen molar-refractivity contribution in [2.75, 3.05) is 24.3 Å². The van der Waals surface area contributed by atoms with E-state index in [9.17, 15) is 14.7 Å². The molecule has 0 aromatic heterocycles. The van der Waals surface area contributed by atoms with Gasteiger partial charge < -0.3 is 25.4 Å².